The zero-order valence-corrected chi connectivity index (χ0v) is 41.6. The molecule has 0 aliphatic rings. The maximum Gasteiger partial charge on any atom is 0.329 e. The molecule has 0 spiro atoms. The van der Waals surface area contributed by atoms with Crippen molar-refractivity contribution in [3.63, 3.8) is 0 Å². The summed E-state index contributed by atoms with van der Waals surface area (Å²) < 4.78 is 75.5. The number of carbonyl (C=O) groups excluding carboxylic acids is 3. The van der Waals surface area contributed by atoms with Gasteiger partial charge in [0.05, 0.1) is 43.5 Å². The predicted octanol–water partition coefficient (Wildman–Crippen LogP) is 9.39. The van der Waals surface area contributed by atoms with Crippen LogP contribution in [0.4, 0.5) is 10.2 Å². The monoisotopic (exact) mass is 987 g/mol. The van der Waals surface area contributed by atoms with E-state index >= 15 is 0 Å². The number of hydrogen-bond acceptors (Lipinski definition) is 13. The third-order valence-corrected chi connectivity index (χ3v) is 11.8. The molecular weight excluding hydrogens is 914 g/mol. The van der Waals surface area contributed by atoms with Crippen molar-refractivity contribution < 1.29 is 65.5 Å². The first-order valence-corrected chi connectivity index (χ1v) is 25.7. The molecule has 1 amide bonds. The number of sulfonamides is 1. The van der Waals surface area contributed by atoms with Crippen LogP contribution in [0.1, 0.15) is 139 Å². The van der Waals surface area contributed by atoms with Gasteiger partial charge >= 0.3 is 11.9 Å². The number of aromatic nitrogens is 1. The van der Waals surface area contributed by atoms with Gasteiger partial charge in [-0.3, -0.25) is 19.1 Å². The summed E-state index contributed by atoms with van der Waals surface area (Å²) in [4.78, 5) is 50.7. The average molecular weight is 988 g/mol. The number of ketones is 1. The number of aliphatic carboxylic acids is 1. The highest BCUT2D eigenvalue weighted by Gasteiger charge is 2.17. The van der Waals surface area contributed by atoms with Crippen molar-refractivity contribution in [3.05, 3.63) is 77.7 Å². The fourth-order valence-electron chi connectivity index (χ4n) is 6.90. The molecule has 0 bridgehead atoms. The van der Waals surface area contributed by atoms with Crippen LogP contribution in [-0.4, -0.2) is 107 Å². The second-order valence-corrected chi connectivity index (χ2v) is 19.4. The summed E-state index contributed by atoms with van der Waals surface area (Å²) in [7, 11) is -4.02. The molecule has 3 aromatic rings. The highest BCUT2D eigenvalue weighted by molar-refractivity contribution is 7.92. The van der Waals surface area contributed by atoms with Crippen LogP contribution in [0.25, 0.3) is 0 Å². The van der Waals surface area contributed by atoms with Crippen molar-refractivity contribution >= 4 is 39.5 Å². The average Bonchev–Trinajstić information content (AvgIpc) is 3.30. The van der Waals surface area contributed by atoms with Gasteiger partial charge in [-0.05, 0) is 107 Å². The Morgan fingerprint density at radius 2 is 1.23 bits per heavy atom. The van der Waals surface area contributed by atoms with E-state index in [1.807, 2.05) is 20.8 Å². The van der Waals surface area contributed by atoms with Crippen LogP contribution in [0.2, 0.25) is 0 Å². The lowest BCUT2D eigenvalue weighted by Gasteiger charge is -2.19. The van der Waals surface area contributed by atoms with Crippen molar-refractivity contribution in [1.29, 1.82) is 0 Å². The number of carbonyl (C=O) groups is 4. The van der Waals surface area contributed by atoms with Crippen LogP contribution < -0.4 is 14.8 Å². The topological polar surface area (TPSA) is 215 Å². The molecule has 3 rings (SSSR count). The molecule has 69 heavy (non-hydrogen) atoms. The second kappa shape index (κ2) is 33.5. The van der Waals surface area contributed by atoms with Gasteiger partial charge < -0.3 is 38.8 Å². The number of ether oxygens (including phenoxy) is 6. The number of amides is 1. The normalized spacial score (nSPS) is 11.6. The van der Waals surface area contributed by atoms with Crippen molar-refractivity contribution in [3.8, 4) is 11.5 Å². The number of halogens is 1. The molecule has 18 heteroatoms. The van der Waals surface area contributed by atoms with Crippen LogP contribution >= 0.6 is 0 Å². The quantitative estimate of drug-likeness (QED) is 0.0359. The number of anilines is 1. The van der Waals surface area contributed by atoms with Gasteiger partial charge in [0.1, 0.15) is 41.9 Å². The highest BCUT2D eigenvalue weighted by Crippen LogP contribution is 2.27. The van der Waals surface area contributed by atoms with Crippen molar-refractivity contribution in [1.82, 2.24) is 10.3 Å². The molecule has 2 aromatic carbocycles. The molecular formula is C51H74FN3O13S. The minimum absolute atomic E-state index is 0.0182. The molecule has 1 heterocycles. The number of esters is 1. The molecule has 384 valence electrons. The number of aryl methyl sites for hydroxylation is 1. The maximum absolute atomic E-state index is 14.7. The SMILES string of the molecule is CC(C)(C)OC(=O)CCCCCCCCCCCCCCCc1cc(Oc2ccc(S(=O)(=O)Nc3ccc(C(=O)NCCOCCOCC(=O)CCCOCCOCC(=O)O)cn3)cc2)ccc1F. The van der Waals surface area contributed by atoms with E-state index in [2.05, 4.69) is 15.0 Å². The highest BCUT2D eigenvalue weighted by atomic mass is 32.2. The van der Waals surface area contributed by atoms with Crippen molar-refractivity contribution in [2.24, 2.45) is 0 Å². The second-order valence-electron chi connectivity index (χ2n) is 17.7. The number of hydrogen-bond donors (Lipinski definition) is 3. The molecule has 0 aliphatic heterocycles. The molecule has 3 N–H and O–H groups in total. The molecule has 0 radical (unpaired) electrons. The number of benzene rings is 2. The Labute approximate surface area is 407 Å². The lowest BCUT2D eigenvalue weighted by molar-refractivity contribution is -0.155. The third kappa shape index (κ3) is 27.7. The lowest BCUT2D eigenvalue weighted by Crippen LogP contribution is -2.28. The lowest BCUT2D eigenvalue weighted by atomic mass is 10.0. The summed E-state index contributed by atoms with van der Waals surface area (Å²) in [6.45, 7) is 6.81. The minimum Gasteiger partial charge on any atom is -0.480 e. The summed E-state index contributed by atoms with van der Waals surface area (Å²) in [5.41, 5.74) is 0.379. The smallest absolute Gasteiger partial charge is 0.329 e. The molecule has 16 nitrogen and oxygen atoms in total. The van der Waals surface area contributed by atoms with Crippen molar-refractivity contribution in [2.75, 3.05) is 64.1 Å². The Morgan fingerprint density at radius 3 is 1.84 bits per heavy atom. The number of unbranched alkanes of at least 4 members (excludes halogenated alkanes) is 12. The third-order valence-electron chi connectivity index (χ3n) is 10.4. The molecule has 0 atom stereocenters. The fourth-order valence-corrected chi connectivity index (χ4v) is 7.91. The van der Waals surface area contributed by atoms with Crippen molar-refractivity contribution in [2.45, 2.75) is 140 Å². The first-order valence-electron chi connectivity index (χ1n) is 24.2. The van der Waals surface area contributed by atoms with Crippen LogP contribution in [0.5, 0.6) is 11.5 Å². The number of nitrogens with one attached hydrogen (secondary N) is 2. The number of nitrogens with zero attached hydrogens (tertiary/aromatic N) is 1. The van der Waals surface area contributed by atoms with Gasteiger partial charge in [-0.25, -0.2) is 22.6 Å². The van der Waals surface area contributed by atoms with E-state index in [9.17, 15) is 32.0 Å². The molecule has 0 unspecified atom stereocenters. The summed E-state index contributed by atoms with van der Waals surface area (Å²) in [6.07, 6.45) is 17.8. The first-order chi connectivity index (χ1) is 33.1. The van der Waals surface area contributed by atoms with Crippen LogP contribution in [0, 0.1) is 5.82 Å². The fraction of sp³-hybridized carbons (Fsp3) is 0.588. The van der Waals surface area contributed by atoms with E-state index in [1.54, 1.807) is 12.1 Å². The Morgan fingerprint density at radius 1 is 0.652 bits per heavy atom. The van der Waals surface area contributed by atoms with Crippen LogP contribution in [0.3, 0.4) is 0 Å². The number of Topliss-reactive ketones (excluding diaryl/α,β-unsaturated/α-hetero) is 1. The Hall–Kier alpha value is -5.01. The van der Waals surface area contributed by atoms with E-state index in [0.717, 1.165) is 38.5 Å². The Balaban J connectivity index is 1.23. The molecule has 1 aromatic heterocycles. The zero-order chi connectivity index (χ0) is 50.2. The van der Waals surface area contributed by atoms with Crippen LogP contribution in [0.15, 0.2) is 65.7 Å². The van der Waals surface area contributed by atoms with Gasteiger partial charge in [0.25, 0.3) is 15.9 Å². The summed E-state index contributed by atoms with van der Waals surface area (Å²) >= 11 is 0. The summed E-state index contributed by atoms with van der Waals surface area (Å²) in [5, 5.41) is 11.2. The van der Waals surface area contributed by atoms with E-state index in [4.69, 9.17) is 33.5 Å². The van der Waals surface area contributed by atoms with E-state index in [-0.39, 0.29) is 93.1 Å². The number of pyridine rings is 1. The number of rotatable bonds is 39. The summed E-state index contributed by atoms with van der Waals surface area (Å²) in [5.74, 6) is -1.09. The minimum atomic E-state index is -4.02. The predicted molar refractivity (Wildman–Crippen MR) is 260 cm³/mol. The van der Waals surface area contributed by atoms with Gasteiger partial charge in [0, 0.05) is 32.2 Å². The first kappa shape index (κ1) is 58.3. The van der Waals surface area contributed by atoms with Gasteiger partial charge in [-0.1, -0.05) is 70.6 Å². The number of carboxylic acid groups (broad SMARTS) is 1. The van der Waals surface area contributed by atoms with Gasteiger partial charge in [0.15, 0.2) is 5.78 Å². The van der Waals surface area contributed by atoms with Gasteiger partial charge in [0.2, 0.25) is 0 Å². The van der Waals surface area contributed by atoms with E-state index in [1.165, 1.54) is 93.6 Å². The largest absolute Gasteiger partial charge is 0.480 e. The molecule has 0 aliphatic carbocycles. The standard InChI is InChI=1S/C51H74FN3O13S/c1-51(2,3)68-49(59)20-16-14-12-10-8-6-4-5-7-9-11-13-15-18-40-36-44(24-27-46(40)52)67-43-22-25-45(26-23-43)69(61,62)55-47-28-21-41(37-54-47)50(60)53-29-31-64-33-34-65-38-42(56)19-17-30-63-32-35-66-39-48(57)58/h21-28,36-37H,4-20,29-35,38-39H2,1-3H3,(H,53,60)(H,54,55)(H,57,58). The maximum atomic E-state index is 14.7. The van der Waals surface area contributed by atoms with Gasteiger partial charge in [-0.2, -0.15) is 0 Å². The van der Waals surface area contributed by atoms with E-state index in [0.29, 0.717) is 42.9 Å². The molecule has 0 saturated carbocycles. The number of carboxylic acids is 1. The van der Waals surface area contributed by atoms with E-state index < -0.39 is 27.5 Å². The Kier molecular flexibility index (Phi) is 28.3. The van der Waals surface area contributed by atoms with Gasteiger partial charge in [-0.15, -0.1) is 0 Å². The van der Waals surface area contributed by atoms with Crippen LogP contribution in [-0.2, 0) is 54.5 Å². The zero-order valence-electron chi connectivity index (χ0n) is 40.7. The summed E-state index contributed by atoms with van der Waals surface area (Å²) in [6, 6.07) is 13.3. The molecule has 0 saturated heterocycles. The Bertz CT molecular complexity index is 2060. The molecule has 0 fully saturated rings.